The van der Waals surface area contributed by atoms with Gasteiger partial charge < -0.3 is 25.8 Å². The Bertz CT molecular complexity index is 1030. The predicted octanol–water partition coefficient (Wildman–Crippen LogP) is 1.83. The molecule has 4 N–H and O–H groups in total. The van der Waals surface area contributed by atoms with Crippen LogP contribution in [0.15, 0.2) is 24.5 Å². The first-order valence-electron chi connectivity index (χ1n) is 8.58. The Morgan fingerprint density at radius 3 is 3.00 bits per heavy atom. The van der Waals surface area contributed by atoms with Gasteiger partial charge in [-0.3, -0.25) is 4.79 Å². The first-order valence-corrected chi connectivity index (χ1v) is 8.96. The molecular weight excluding hydrogens is 386 g/mol. The Kier molecular flexibility index (Phi) is 4.88. The van der Waals surface area contributed by atoms with Crippen LogP contribution in [0, 0.1) is 0 Å². The number of aromatic nitrogens is 4. The van der Waals surface area contributed by atoms with Crippen molar-refractivity contribution < 1.29 is 14.3 Å². The summed E-state index contributed by atoms with van der Waals surface area (Å²) in [7, 11) is 1.74. The molecule has 1 aliphatic heterocycles. The molecule has 0 spiro atoms. The number of nitrogens with two attached hydrogens (primary N) is 1. The molecule has 0 bridgehead atoms. The van der Waals surface area contributed by atoms with Gasteiger partial charge in [-0.2, -0.15) is 9.61 Å². The third-order valence-electron chi connectivity index (χ3n) is 4.24. The molecule has 0 radical (unpaired) electrons. The van der Waals surface area contributed by atoms with E-state index in [1.807, 2.05) is 0 Å². The van der Waals surface area contributed by atoms with Crippen molar-refractivity contribution in [3.05, 3.63) is 35.1 Å². The van der Waals surface area contributed by atoms with E-state index in [1.165, 1.54) is 16.9 Å². The summed E-state index contributed by atoms with van der Waals surface area (Å²) in [4.78, 5) is 20.4. The smallest absolute Gasteiger partial charge is 0.254 e. The number of carbonyl (C=O) groups is 1. The highest BCUT2D eigenvalue weighted by molar-refractivity contribution is 6.30. The van der Waals surface area contributed by atoms with Crippen LogP contribution in [0.3, 0.4) is 0 Å². The lowest BCUT2D eigenvalue weighted by Gasteiger charge is -2.16. The molecule has 0 aliphatic carbocycles. The maximum atomic E-state index is 11.7. The van der Waals surface area contributed by atoms with E-state index in [9.17, 15) is 4.79 Å². The first-order chi connectivity index (χ1) is 13.5. The molecular formula is C17H18ClN7O3. The van der Waals surface area contributed by atoms with Crippen LogP contribution in [0.1, 0.15) is 16.8 Å². The van der Waals surface area contributed by atoms with Crippen LogP contribution in [0.2, 0.25) is 5.02 Å². The van der Waals surface area contributed by atoms with E-state index in [4.69, 9.17) is 26.8 Å². The number of hydrogen-bond donors (Lipinski definition) is 3. The van der Waals surface area contributed by atoms with Crippen molar-refractivity contribution in [3.8, 4) is 5.88 Å². The van der Waals surface area contributed by atoms with Crippen molar-refractivity contribution in [2.75, 3.05) is 30.9 Å². The van der Waals surface area contributed by atoms with Gasteiger partial charge in [0.2, 0.25) is 5.88 Å². The van der Waals surface area contributed by atoms with Crippen LogP contribution in [-0.4, -0.2) is 51.9 Å². The average Bonchev–Trinajstić information content (AvgIpc) is 3.33. The maximum absolute atomic E-state index is 11.7. The molecule has 0 saturated carbocycles. The minimum Gasteiger partial charge on any atom is -0.470 e. The van der Waals surface area contributed by atoms with Crippen LogP contribution in [0.25, 0.3) is 5.65 Å². The average molecular weight is 404 g/mol. The second kappa shape index (κ2) is 7.49. The van der Waals surface area contributed by atoms with Gasteiger partial charge in [-0.25, -0.2) is 9.97 Å². The molecule has 0 unspecified atom stereocenters. The zero-order valence-electron chi connectivity index (χ0n) is 15.0. The first kappa shape index (κ1) is 18.3. The summed E-state index contributed by atoms with van der Waals surface area (Å²) in [6.45, 7) is 1.16. The van der Waals surface area contributed by atoms with Gasteiger partial charge in [0, 0.05) is 25.7 Å². The van der Waals surface area contributed by atoms with Crippen LogP contribution < -0.4 is 21.1 Å². The Balaban J connectivity index is 1.72. The number of primary amides is 1. The number of nitrogens with one attached hydrogen (secondary N) is 2. The van der Waals surface area contributed by atoms with Gasteiger partial charge in [0.15, 0.2) is 5.65 Å². The van der Waals surface area contributed by atoms with Crippen molar-refractivity contribution in [2.24, 2.45) is 5.73 Å². The number of rotatable bonds is 6. The van der Waals surface area contributed by atoms with E-state index in [0.717, 1.165) is 6.42 Å². The molecule has 4 rings (SSSR count). The Morgan fingerprint density at radius 2 is 2.29 bits per heavy atom. The van der Waals surface area contributed by atoms with E-state index in [2.05, 4.69) is 25.7 Å². The van der Waals surface area contributed by atoms with Crippen LogP contribution in [0.4, 0.5) is 17.3 Å². The fourth-order valence-electron chi connectivity index (χ4n) is 2.89. The van der Waals surface area contributed by atoms with Crippen molar-refractivity contribution in [1.82, 2.24) is 19.6 Å². The van der Waals surface area contributed by atoms with E-state index >= 15 is 0 Å². The molecule has 1 fully saturated rings. The Hall–Kier alpha value is -3.11. The summed E-state index contributed by atoms with van der Waals surface area (Å²) in [6.07, 6.45) is 3.60. The highest BCUT2D eigenvalue weighted by atomic mass is 35.5. The molecule has 1 aliphatic rings. The monoisotopic (exact) mass is 403 g/mol. The largest absolute Gasteiger partial charge is 0.470 e. The van der Waals surface area contributed by atoms with Crippen molar-refractivity contribution in [3.63, 3.8) is 0 Å². The molecule has 0 aromatic carbocycles. The highest BCUT2D eigenvalue weighted by Gasteiger charge is 2.21. The number of halogens is 1. The summed E-state index contributed by atoms with van der Waals surface area (Å²) in [6, 6.07) is 3.42. The Labute approximate surface area is 165 Å². The van der Waals surface area contributed by atoms with Crippen LogP contribution in [0.5, 0.6) is 5.88 Å². The second-order valence-electron chi connectivity index (χ2n) is 6.17. The van der Waals surface area contributed by atoms with Gasteiger partial charge in [0.25, 0.3) is 5.91 Å². The molecule has 3 aromatic rings. The standard InChI is InChI=1S/C17H18ClN7O3/c1-20-14-5-13(24-16-11(15(19)26)7-22-25(14)16)23-12-4-9(18)6-21-17(12)28-10-2-3-27-8-10/h4-7,10,20H,2-3,8H2,1H3,(H2,19,26)(H,23,24)/t10-/m1/s1. The lowest BCUT2D eigenvalue weighted by atomic mass is 10.3. The minimum atomic E-state index is -0.614. The van der Waals surface area contributed by atoms with E-state index in [0.29, 0.717) is 47.1 Å². The molecule has 1 amide bonds. The molecule has 4 heterocycles. The van der Waals surface area contributed by atoms with E-state index < -0.39 is 5.91 Å². The van der Waals surface area contributed by atoms with E-state index in [-0.39, 0.29) is 11.7 Å². The number of carbonyl (C=O) groups excluding carboxylic acids is 1. The van der Waals surface area contributed by atoms with Crippen LogP contribution in [-0.2, 0) is 4.74 Å². The molecule has 3 aromatic heterocycles. The molecule has 1 atom stereocenters. The normalized spacial score (nSPS) is 16.3. The van der Waals surface area contributed by atoms with Gasteiger partial charge >= 0.3 is 0 Å². The third kappa shape index (κ3) is 3.51. The van der Waals surface area contributed by atoms with Gasteiger partial charge in [-0.15, -0.1) is 0 Å². The Morgan fingerprint density at radius 1 is 1.43 bits per heavy atom. The van der Waals surface area contributed by atoms with Crippen LogP contribution >= 0.6 is 11.6 Å². The number of nitrogens with zero attached hydrogens (tertiary/aromatic N) is 4. The number of anilines is 3. The number of pyridine rings is 1. The summed E-state index contributed by atoms with van der Waals surface area (Å²) in [5.41, 5.74) is 6.50. The minimum absolute atomic E-state index is 0.0752. The van der Waals surface area contributed by atoms with E-state index in [1.54, 1.807) is 19.2 Å². The summed E-state index contributed by atoms with van der Waals surface area (Å²) in [5, 5.41) is 10.8. The highest BCUT2D eigenvalue weighted by Crippen LogP contribution is 2.30. The fraction of sp³-hybridized carbons (Fsp3) is 0.294. The molecule has 10 nitrogen and oxygen atoms in total. The summed E-state index contributed by atoms with van der Waals surface area (Å²) < 4.78 is 12.8. The molecule has 1 saturated heterocycles. The predicted molar refractivity (Wildman–Crippen MR) is 103 cm³/mol. The lowest BCUT2D eigenvalue weighted by molar-refractivity contribution is 0.100. The SMILES string of the molecule is CNc1cc(Nc2cc(Cl)cnc2O[C@@H]2CCOC2)nc2c(C(N)=O)cnn12. The number of fused-ring (bicyclic) bond motifs is 1. The summed E-state index contributed by atoms with van der Waals surface area (Å²) in [5.74, 6) is 0.825. The van der Waals surface area contributed by atoms with Gasteiger partial charge in [0.05, 0.1) is 24.4 Å². The topological polar surface area (TPSA) is 129 Å². The van der Waals surface area contributed by atoms with Gasteiger partial charge in [0.1, 0.15) is 29.0 Å². The van der Waals surface area contributed by atoms with Crippen molar-refractivity contribution >= 4 is 40.5 Å². The lowest BCUT2D eigenvalue weighted by Crippen LogP contribution is -2.17. The van der Waals surface area contributed by atoms with Crippen molar-refractivity contribution in [1.29, 1.82) is 0 Å². The molecule has 28 heavy (non-hydrogen) atoms. The zero-order valence-corrected chi connectivity index (χ0v) is 15.7. The maximum Gasteiger partial charge on any atom is 0.254 e. The molecule has 11 heteroatoms. The number of amides is 1. The number of ether oxygens (including phenoxy) is 2. The van der Waals surface area contributed by atoms with Gasteiger partial charge in [-0.05, 0) is 6.07 Å². The van der Waals surface area contributed by atoms with Gasteiger partial charge in [-0.1, -0.05) is 11.6 Å². The fourth-order valence-corrected chi connectivity index (χ4v) is 3.05. The summed E-state index contributed by atoms with van der Waals surface area (Å²) >= 11 is 6.11. The number of hydrogen-bond acceptors (Lipinski definition) is 8. The second-order valence-corrected chi connectivity index (χ2v) is 6.61. The zero-order chi connectivity index (χ0) is 19.7. The van der Waals surface area contributed by atoms with Crippen molar-refractivity contribution in [2.45, 2.75) is 12.5 Å². The quantitative estimate of drug-likeness (QED) is 0.568. The third-order valence-corrected chi connectivity index (χ3v) is 4.45. The molecule has 146 valence electrons.